The van der Waals surface area contributed by atoms with Gasteiger partial charge in [-0.25, -0.2) is 0 Å². The van der Waals surface area contributed by atoms with E-state index in [2.05, 4.69) is 5.32 Å². The number of nitrogens with one attached hydrogen (secondary N) is 1. The summed E-state index contributed by atoms with van der Waals surface area (Å²) < 4.78 is 45.5. The van der Waals surface area contributed by atoms with Crippen molar-refractivity contribution in [1.82, 2.24) is 10.2 Å². The Kier molecular flexibility index (Phi) is 4.82. The van der Waals surface area contributed by atoms with E-state index in [0.717, 1.165) is 6.07 Å². The molecule has 0 spiro atoms. The number of piperazine rings is 1. The molecule has 0 aliphatic carbocycles. The number of amides is 1. The second kappa shape index (κ2) is 6.20. The molecule has 3 rings (SSSR count). The average Bonchev–Trinajstić information content (AvgIpc) is 2.71. The lowest BCUT2D eigenvalue weighted by atomic mass is 9.98. The molecule has 4 nitrogen and oxygen atoms in total. The Bertz CT molecular complexity index is 619. The van der Waals surface area contributed by atoms with Crippen LogP contribution in [0.1, 0.15) is 41.4 Å². The third-order valence-corrected chi connectivity index (χ3v) is 3.90. The van der Waals surface area contributed by atoms with Crippen molar-refractivity contribution < 1.29 is 22.7 Å². The quantitative estimate of drug-likeness (QED) is 0.891. The molecule has 2 aliphatic rings. The molecule has 0 saturated carbocycles. The summed E-state index contributed by atoms with van der Waals surface area (Å²) in [7, 11) is 0. The molecule has 1 saturated heterocycles. The smallest absolute Gasteiger partial charge is 0.417 e. The van der Waals surface area contributed by atoms with Crippen LogP contribution in [0, 0.1) is 0 Å². The van der Waals surface area contributed by atoms with Gasteiger partial charge in [0.15, 0.2) is 0 Å². The Morgan fingerprint density at radius 3 is 2.65 bits per heavy atom. The van der Waals surface area contributed by atoms with E-state index in [4.69, 9.17) is 4.74 Å². The Morgan fingerprint density at radius 2 is 2.04 bits per heavy atom. The van der Waals surface area contributed by atoms with Crippen LogP contribution in [0.5, 0.6) is 5.75 Å². The van der Waals surface area contributed by atoms with Crippen LogP contribution < -0.4 is 10.1 Å². The first-order chi connectivity index (χ1) is 10.3. The number of alkyl halides is 3. The number of rotatable bonds is 2. The Balaban J connectivity index is 0.00000192. The predicted octanol–water partition coefficient (Wildman–Crippen LogP) is 3.01. The molecule has 0 unspecified atom stereocenters. The molecule has 8 heteroatoms. The normalized spacial score (nSPS) is 20.2. The first-order valence-electron chi connectivity index (χ1n) is 7.22. The van der Waals surface area contributed by atoms with Gasteiger partial charge in [0, 0.05) is 19.6 Å². The summed E-state index contributed by atoms with van der Waals surface area (Å²) in [6.45, 7) is 4.96. The number of fused-ring (bicyclic) bond motifs is 3. The number of carbonyl (C=O) groups is 1. The van der Waals surface area contributed by atoms with Gasteiger partial charge in [0.2, 0.25) is 0 Å². The van der Waals surface area contributed by atoms with Crippen molar-refractivity contribution in [3.63, 3.8) is 0 Å². The maximum absolute atomic E-state index is 13.4. The van der Waals surface area contributed by atoms with Gasteiger partial charge in [0.05, 0.1) is 23.3 Å². The number of carbonyl (C=O) groups excluding carboxylic acids is 1. The van der Waals surface area contributed by atoms with Gasteiger partial charge in [-0.3, -0.25) is 4.79 Å². The number of halogens is 4. The molecule has 0 radical (unpaired) electrons. The maximum atomic E-state index is 13.4. The highest BCUT2D eigenvalue weighted by molar-refractivity contribution is 6.01. The predicted molar refractivity (Wildman–Crippen MR) is 81.1 cm³/mol. The van der Waals surface area contributed by atoms with E-state index in [1.165, 1.54) is 4.90 Å². The van der Waals surface area contributed by atoms with Crippen LogP contribution in [0.2, 0.25) is 0 Å². The SMILES string of the molecule is CC(C)Oc1cc2c(c(C(F)(F)F)c1)C(=O)N1CCNC[C@@H]21.Cl. The van der Waals surface area contributed by atoms with Crippen molar-refractivity contribution >= 4 is 18.3 Å². The highest BCUT2D eigenvalue weighted by Crippen LogP contribution is 2.44. The fourth-order valence-electron chi connectivity index (χ4n) is 3.07. The number of hydrogen-bond acceptors (Lipinski definition) is 3. The third kappa shape index (κ3) is 3.12. The van der Waals surface area contributed by atoms with Crippen molar-refractivity contribution in [2.75, 3.05) is 19.6 Å². The van der Waals surface area contributed by atoms with Gasteiger partial charge < -0.3 is 15.0 Å². The topological polar surface area (TPSA) is 41.6 Å². The van der Waals surface area contributed by atoms with Gasteiger partial charge in [-0.2, -0.15) is 13.2 Å². The van der Waals surface area contributed by atoms with Crippen LogP contribution in [0.15, 0.2) is 12.1 Å². The van der Waals surface area contributed by atoms with Gasteiger partial charge in [-0.1, -0.05) is 0 Å². The zero-order valence-corrected chi connectivity index (χ0v) is 13.6. The fraction of sp³-hybridized carbons (Fsp3) is 0.533. The van der Waals surface area contributed by atoms with Gasteiger partial charge in [0.25, 0.3) is 5.91 Å². The highest BCUT2D eigenvalue weighted by atomic mass is 35.5. The van der Waals surface area contributed by atoms with Crippen LogP contribution in [0.25, 0.3) is 0 Å². The molecule has 2 heterocycles. The monoisotopic (exact) mass is 350 g/mol. The summed E-state index contributed by atoms with van der Waals surface area (Å²) in [5.74, 6) is -0.383. The molecule has 1 aromatic carbocycles. The van der Waals surface area contributed by atoms with Crippen molar-refractivity contribution in [3.8, 4) is 5.75 Å². The number of hydrogen-bond donors (Lipinski definition) is 1. The fourth-order valence-corrected chi connectivity index (χ4v) is 3.07. The second-order valence-corrected chi connectivity index (χ2v) is 5.82. The Morgan fingerprint density at radius 1 is 1.35 bits per heavy atom. The van der Waals surface area contributed by atoms with Gasteiger partial charge in [-0.15, -0.1) is 12.4 Å². The Labute approximate surface area is 138 Å². The molecule has 1 N–H and O–H groups in total. The zero-order chi connectivity index (χ0) is 16.1. The molecule has 0 aromatic heterocycles. The molecule has 128 valence electrons. The van der Waals surface area contributed by atoms with E-state index in [1.54, 1.807) is 19.9 Å². The first kappa shape index (κ1) is 17.9. The summed E-state index contributed by atoms with van der Waals surface area (Å²) >= 11 is 0. The molecule has 1 aromatic rings. The number of benzene rings is 1. The van der Waals surface area contributed by atoms with E-state index in [-0.39, 0.29) is 35.9 Å². The van der Waals surface area contributed by atoms with E-state index in [0.29, 0.717) is 25.2 Å². The van der Waals surface area contributed by atoms with Crippen molar-refractivity contribution in [3.05, 3.63) is 28.8 Å². The van der Waals surface area contributed by atoms with Gasteiger partial charge >= 0.3 is 6.18 Å². The summed E-state index contributed by atoms with van der Waals surface area (Å²) in [6, 6.07) is 2.15. The molecule has 1 atom stereocenters. The van der Waals surface area contributed by atoms with Crippen LogP contribution in [0.4, 0.5) is 13.2 Å². The van der Waals surface area contributed by atoms with Crippen molar-refractivity contribution in [2.24, 2.45) is 0 Å². The molecule has 1 fully saturated rings. The zero-order valence-electron chi connectivity index (χ0n) is 12.7. The summed E-state index contributed by atoms with van der Waals surface area (Å²) in [5.41, 5.74) is -0.722. The molecule has 1 amide bonds. The van der Waals surface area contributed by atoms with Crippen LogP contribution >= 0.6 is 12.4 Å². The number of nitrogens with zero attached hydrogens (tertiary/aromatic N) is 1. The molecular weight excluding hydrogens is 333 g/mol. The van der Waals surface area contributed by atoms with Crippen molar-refractivity contribution in [2.45, 2.75) is 32.2 Å². The molecule has 0 bridgehead atoms. The summed E-state index contributed by atoms with van der Waals surface area (Å²) in [4.78, 5) is 13.9. The van der Waals surface area contributed by atoms with Gasteiger partial charge in [0.1, 0.15) is 5.75 Å². The lowest BCUT2D eigenvalue weighted by Crippen LogP contribution is -2.44. The lowest BCUT2D eigenvalue weighted by Gasteiger charge is -2.30. The summed E-state index contributed by atoms with van der Waals surface area (Å²) in [5, 5.41) is 3.12. The minimum atomic E-state index is -4.59. The highest BCUT2D eigenvalue weighted by Gasteiger charge is 2.46. The minimum Gasteiger partial charge on any atom is -0.491 e. The van der Waals surface area contributed by atoms with Crippen LogP contribution in [-0.2, 0) is 6.18 Å². The van der Waals surface area contributed by atoms with E-state index in [9.17, 15) is 18.0 Å². The van der Waals surface area contributed by atoms with E-state index in [1.807, 2.05) is 0 Å². The molecule has 23 heavy (non-hydrogen) atoms. The lowest BCUT2D eigenvalue weighted by molar-refractivity contribution is -0.138. The summed E-state index contributed by atoms with van der Waals surface area (Å²) in [6.07, 6.45) is -4.82. The van der Waals surface area contributed by atoms with Crippen LogP contribution in [-0.4, -0.2) is 36.5 Å². The standard InChI is InChI=1S/C15H17F3N2O2.ClH/c1-8(2)22-9-5-10-12-7-19-3-4-20(12)14(21)13(10)11(6-9)15(16,17)18;/h5-6,8,12,19H,3-4,7H2,1-2H3;1H/t12-;/m0./s1. The maximum Gasteiger partial charge on any atom is 0.417 e. The number of ether oxygens (including phenoxy) is 1. The molecule has 2 aliphatic heterocycles. The van der Waals surface area contributed by atoms with E-state index < -0.39 is 17.6 Å². The Hall–Kier alpha value is -1.47. The first-order valence-corrected chi connectivity index (χ1v) is 7.22. The van der Waals surface area contributed by atoms with Crippen molar-refractivity contribution in [1.29, 1.82) is 0 Å². The van der Waals surface area contributed by atoms with Gasteiger partial charge in [-0.05, 0) is 31.5 Å². The minimum absolute atomic E-state index is 0. The van der Waals surface area contributed by atoms with Crippen LogP contribution in [0.3, 0.4) is 0 Å². The second-order valence-electron chi connectivity index (χ2n) is 5.82. The average molecular weight is 351 g/mol. The molecular formula is C15H18ClF3N2O2. The third-order valence-electron chi connectivity index (χ3n) is 3.90. The largest absolute Gasteiger partial charge is 0.491 e. The van der Waals surface area contributed by atoms with E-state index >= 15 is 0 Å².